The van der Waals surface area contributed by atoms with Gasteiger partial charge in [-0.2, -0.15) is 0 Å². The number of carbonyl (C=O) groups excluding carboxylic acids is 5. The van der Waals surface area contributed by atoms with E-state index >= 15 is 0 Å². The van der Waals surface area contributed by atoms with Crippen LogP contribution in [0.15, 0.2) is 103 Å². The second kappa shape index (κ2) is 23.1. The van der Waals surface area contributed by atoms with Crippen molar-refractivity contribution < 1.29 is 62.2 Å². The van der Waals surface area contributed by atoms with Crippen LogP contribution in [-0.4, -0.2) is 109 Å². The molecule has 14 nitrogen and oxygen atoms in total. The van der Waals surface area contributed by atoms with Crippen molar-refractivity contribution in [2.75, 3.05) is 26.9 Å². The van der Waals surface area contributed by atoms with Gasteiger partial charge in [0.05, 0.1) is 31.8 Å². The van der Waals surface area contributed by atoms with E-state index in [0.717, 1.165) is 35.1 Å². The third-order valence-electron chi connectivity index (χ3n) is 10.4. The molecule has 0 saturated carbocycles. The molecular formula is C46H55NO13. The van der Waals surface area contributed by atoms with E-state index in [2.05, 4.69) is 0 Å². The highest BCUT2D eigenvalue weighted by molar-refractivity contribution is 6.04. The van der Waals surface area contributed by atoms with Crippen LogP contribution in [0.2, 0.25) is 0 Å². The van der Waals surface area contributed by atoms with Crippen molar-refractivity contribution in [3.05, 3.63) is 120 Å². The zero-order valence-electron chi connectivity index (χ0n) is 34.5. The van der Waals surface area contributed by atoms with Crippen molar-refractivity contribution in [3.8, 4) is 0 Å². The number of esters is 1. The van der Waals surface area contributed by atoms with Crippen LogP contribution in [0.5, 0.6) is 0 Å². The van der Waals surface area contributed by atoms with Crippen LogP contribution in [0.1, 0.15) is 50.3 Å². The third kappa shape index (κ3) is 12.7. The zero-order valence-corrected chi connectivity index (χ0v) is 34.5. The lowest BCUT2D eigenvalue weighted by Crippen LogP contribution is -2.61. The van der Waals surface area contributed by atoms with Crippen molar-refractivity contribution in [1.82, 2.24) is 4.90 Å². The summed E-state index contributed by atoms with van der Waals surface area (Å²) in [6, 6.07) is 27.4. The molecule has 0 radical (unpaired) electrons. The first-order valence-electron chi connectivity index (χ1n) is 20.2. The number of cyclic esters (lactones) is 1. The van der Waals surface area contributed by atoms with E-state index in [1.165, 1.54) is 7.11 Å². The van der Waals surface area contributed by atoms with Gasteiger partial charge in [-0.05, 0) is 47.6 Å². The summed E-state index contributed by atoms with van der Waals surface area (Å²) in [7, 11) is 1.46. The predicted octanol–water partition coefficient (Wildman–Crippen LogP) is 5.17. The van der Waals surface area contributed by atoms with Crippen LogP contribution in [0.4, 0.5) is 4.79 Å². The molecule has 2 saturated heterocycles. The number of carbonyl (C=O) groups is 5. The van der Waals surface area contributed by atoms with Gasteiger partial charge in [0.1, 0.15) is 31.0 Å². The number of rotatable bonds is 22. The number of ketones is 2. The maximum absolute atomic E-state index is 14.1. The molecule has 322 valence electrons. The average molecular weight is 830 g/mol. The average Bonchev–Trinajstić information content (AvgIpc) is 3.66. The monoisotopic (exact) mass is 829 g/mol. The fourth-order valence-electron chi connectivity index (χ4n) is 7.20. The van der Waals surface area contributed by atoms with Gasteiger partial charge >= 0.3 is 12.1 Å². The lowest BCUT2D eigenvalue weighted by atomic mass is 9.89. The van der Waals surface area contributed by atoms with E-state index in [-0.39, 0.29) is 58.2 Å². The summed E-state index contributed by atoms with van der Waals surface area (Å²) in [6.07, 6.45) is -4.27. The Hall–Kier alpha value is -5.09. The number of benzene rings is 3. The number of imide groups is 1. The minimum atomic E-state index is -1.63. The molecule has 0 aliphatic carbocycles. The lowest BCUT2D eigenvalue weighted by molar-refractivity contribution is -0.319. The summed E-state index contributed by atoms with van der Waals surface area (Å²) >= 11 is 0. The molecule has 60 heavy (non-hydrogen) atoms. The minimum absolute atomic E-state index is 0.00233. The Morgan fingerprint density at radius 1 is 0.817 bits per heavy atom. The second-order valence-electron chi connectivity index (χ2n) is 15.0. The smallest absolute Gasteiger partial charge is 0.416 e. The summed E-state index contributed by atoms with van der Waals surface area (Å²) in [5.41, 5.74) is 2.50. The minimum Gasteiger partial charge on any atom is -0.453 e. The summed E-state index contributed by atoms with van der Waals surface area (Å²) in [5, 5.41) is 10.3. The van der Waals surface area contributed by atoms with Crippen LogP contribution >= 0.6 is 0 Å². The normalized spacial score (nSPS) is 22.7. The molecular weight excluding hydrogens is 774 g/mol. The maximum atomic E-state index is 14.1. The Labute approximate surface area is 350 Å². The van der Waals surface area contributed by atoms with Crippen molar-refractivity contribution in [1.29, 1.82) is 0 Å². The molecule has 8 atom stereocenters. The van der Waals surface area contributed by atoms with Crippen LogP contribution in [0.25, 0.3) is 0 Å². The van der Waals surface area contributed by atoms with Gasteiger partial charge in [0, 0.05) is 27.1 Å². The highest BCUT2D eigenvalue weighted by Gasteiger charge is 2.49. The molecule has 2 heterocycles. The molecule has 2 amide bonds. The molecule has 1 N–H and O–H groups in total. The van der Waals surface area contributed by atoms with Gasteiger partial charge in [-0.15, -0.1) is 0 Å². The first-order chi connectivity index (χ1) is 29.0. The second-order valence-corrected chi connectivity index (χ2v) is 15.0. The van der Waals surface area contributed by atoms with E-state index < -0.39 is 78.3 Å². The number of hydrogen-bond donors (Lipinski definition) is 1. The lowest BCUT2D eigenvalue weighted by Gasteiger charge is -2.45. The number of allylic oxidation sites excluding steroid dienone is 1. The van der Waals surface area contributed by atoms with Gasteiger partial charge in [-0.25, -0.2) is 9.69 Å². The Balaban J connectivity index is 1.27. The number of amides is 2. The molecule has 0 aromatic heterocycles. The van der Waals surface area contributed by atoms with Crippen LogP contribution in [0.3, 0.4) is 0 Å². The van der Waals surface area contributed by atoms with Gasteiger partial charge < -0.3 is 38.3 Å². The number of nitrogens with zero attached hydrogens (tertiary/aromatic N) is 1. The number of aliphatic hydroxyl groups is 1. The quantitative estimate of drug-likeness (QED) is 0.0799. The van der Waals surface area contributed by atoms with Crippen LogP contribution in [-0.2, 0) is 72.0 Å². The number of methoxy groups -OCH3 is 1. The molecule has 2 fully saturated rings. The molecule has 2 aliphatic heterocycles. The van der Waals surface area contributed by atoms with E-state index in [0.29, 0.717) is 5.56 Å². The number of aliphatic hydroxyl groups excluding tert-OH is 1. The largest absolute Gasteiger partial charge is 0.453 e. The number of ether oxygens (including phenoxy) is 7. The maximum Gasteiger partial charge on any atom is 0.416 e. The summed E-state index contributed by atoms with van der Waals surface area (Å²) < 4.78 is 41.5. The van der Waals surface area contributed by atoms with Gasteiger partial charge in [0.15, 0.2) is 24.0 Å². The zero-order chi connectivity index (χ0) is 43.0. The van der Waals surface area contributed by atoms with Crippen LogP contribution < -0.4 is 0 Å². The molecule has 0 bridgehead atoms. The molecule has 0 spiro atoms. The summed E-state index contributed by atoms with van der Waals surface area (Å²) in [5.74, 6) is -4.19. The standard InChI is InChI=1S/C46H55NO13/c1-30(2)37-29-58-46(53)47(37)44(52)36(25-32-15-8-5-9-16-32)40(59-31(3)49)38(51)23-22-35(50)21-14-24-55-43-42(57-28-34-19-12-7-13-20-34)41(39(26-48)60-45(43)54-4)56-27-33-17-10-6-11-18-33/h5-13,15-20,22-23,30,36-37,39-43,45,48H,14,21,24-29H2,1-4H3. The first kappa shape index (κ1) is 46.0. The van der Waals surface area contributed by atoms with E-state index in [9.17, 15) is 29.1 Å². The predicted molar refractivity (Wildman–Crippen MR) is 217 cm³/mol. The van der Waals surface area contributed by atoms with Crippen molar-refractivity contribution in [2.24, 2.45) is 11.8 Å². The van der Waals surface area contributed by atoms with Gasteiger partial charge in [-0.1, -0.05) is 105 Å². The molecule has 8 unspecified atom stereocenters. The van der Waals surface area contributed by atoms with E-state index in [4.69, 9.17) is 33.2 Å². The van der Waals surface area contributed by atoms with Crippen molar-refractivity contribution in [2.45, 2.75) is 96.1 Å². The molecule has 3 aromatic rings. The highest BCUT2D eigenvalue weighted by Crippen LogP contribution is 2.31. The third-order valence-corrected chi connectivity index (χ3v) is 10.4. The summed E-state index contributed by atoms with van der Waals surface area (Å²) in [4.78, 5) is 67.2. The van der Waals surface area contributed by atoms with Crippen molar-refractivity contribution in [3.63, 3.8) is 0 Å². The summed E-state index contributed by atoms with van der Waals surface area (Å²) in [6.45, 7) is 4.94. The fourth-order valence-corrected chi connectivity index (χ4v) is 7.20. The van der Waals surface area contributed by atoms with Gasteiger partial charge in [0.2, 0.25) is 5.91 Å². The SMILES string of the molecule is COC1OC(CO)C(OCc2ccccc2)C(OCc2ccccc2)C1OCCCC(=O)C=CC(=O)C(OC(C)=O)C(Cc1ccccc1)C(=O)N1C(=O)OCC1C(C)C. The van der Waals surface area contributed by atoms with Gasteiger partial charge in [0.25, 0.3) is 0 Å². The molecule has 3 aromatic carbocycles. The van der Waals surface area contributed by atoms with Gasteiger partial charge in [-0.3, -0.25) is 19.2 Å². The Morgan fingerprint density at radius 2 is 1.40 bits per heavy atom. The molecule has 14 heteroatoms. The van der Waals surface area contributed by atoms with E-state index in [1.807, 2.05) is 74.5 Å². The van der Waals surface area contributed by atoms with Crippen LogP contribution in [0, 0.1) is 11.8 Å². The highest BCUT2D eigenvalue weighted by atomic mass is 16.7. The Morgan fingerprint density at radius 3 is 1.95 bits per heavy atom. The molecule has 5 rings (SSSR count). The molecule has 2 aliphatic rings. The van der Waals surface area contributed by atoms with Crippen molar-refractivity contribution >= 4 is 29.5 Å². The fraction of sp³-hybridized carbons (Fsp3) is 0.457. The number of hydrogen-bond acceptors (Lipinski definition) is 13. The Bertz CT molecular complexity index is 1870. The first-order valence-corrected chi connectivity index (χ1v) is 20.2. The Kier molecular flexibility index (Phi) is 17.7. The topological polar surface area (TPSA) is 173 Å². The van der Waals surface area contributed by atoms with E-state index in [1.54, 1.807) is 30.3 Å².